The summed E-state index contributed by atoms with van der Waals surface area (Å²) in [5.41, 5.74) is 5.67. The molecule has 5 heteroatoms. The predicted molar refractivity (Wildman–Crippen MR) is 41.1 cm³/mol. The number of hydrogen-bond acceptors (Lipinski definition) is 3. The van der Waals surface area contributed by atoms with Crippen LogP contribution in [-0.4, -0.2) is 15.0 Å². The number of hydrogen-bond donors (Lipinski definition) is 3. The van der Waals surface area contributed by atoms with Crippen molar-refractivity contribution in [2.75, 3.05) is 5.73 Å². The predicted octanol–water partition coefficient (Wildman–Crippen LogP) is -0.167. The Bertz CT molecular complexity index is 441. The van der Waals surface area contributed by atoms with Crippen molar-refractivity contribution in [3.63, 3.8) is 0 Å². The summed E-state index contributed by atoms with van der Waals surface area (Å²) in [6.07, 6.45) is 1.47. The fourth-order valence-corrected chi connectivity index (χ4v) is 0.965. The maximum atomic E-state index is 10.7. The van der Waals surface area contributed by atoms with E-state index in [9.17, 15) is 4.79 Å². The van der Waals surface area contributed by atoms with E-state index in [1.165, 1.54) is 6.20 Å². The Morgan fingerprint density at radius 3 is 3.09 bits per heavy atom. The second-order valence-corrected chi connectivity index (χ2v) is 2.24. The van der Waals surface area contributed by atoms with Crippen LogP contribution in [-0.2, 0) is 0 Å². The molecule has 56 valence electrons. The standard InChI is InChI=1S/C6H6N4O/c7-4-1-3-2-8-6(11)10-5(3)9-4/h1-2H,7H2,(H2,8,9,10,11). The molecule has 0 aliphatic carbocycles. The van der Waals surface area contributed by atoms with E-state index in [4.69, 9.17) is 5.73 Å². The molecule has 2 aromatic heterocycles. The molecule has 2 heterocycles. The van der Waals surface area contributed by atoms with Gasteiger partial charge < -0.3 is 10.7 Å². The van der Waals surface area contributed by atoms with Gasteiger partial charge in [-0.3, -0.25) is 4.98 Å². The second-order valence-electron chi connectivity index (χ2n) is 2.24. The minimum Gasteiger partial charge on any atom is -0.385 e. The van der Waals surface area contributed by atoms with E-state index in [1.807, 2.05) is 0 Å². The number of aromatic nitrogens is 3. The molecule has 0 spiro atoms. The molecule has 0 unspecified atom stereocenters. The number of nitrogen functional groups attached to an aromatic ring is 1. The molecular weight excluding hydrogens is 144 g/mol. The fraction of sp³-hybridized carbons (Fsp3) is 0. The van der Waals surface area contributed by atoms with E-state index in [2.05, 4.69) is 15.0 Å². The summed E-state index contributed by atoms with van der Waals surface area (Å²) < 4.78 is 0. The van der Waals surface area contributed by atoms with Crippen LogP contribution in [0.2, 0.25) is 0 Å². The normalized spacial score (nSPS) is 10.5. The highest BCUT2D eigenvalue weighted by atomic mass is 16.1. The van der Waals surface area contributed by atoms with Gasteiger partial charge in [-0.05, 0) is 6.07 Å². The molecule has 0 fully saturated rings. The van der Waals surface area contributed by atoms with Gasteiger partial charge in [0.05, 0.1) is 0 Å². The van der Waals surface area contributed by atoms with Gasteiger partial charge in [-0.1, -0.05) is 0 Å². The molecule has 5 nitrogen and oxygen atoms in total. The molecule has 0 atom stereocenters. The Balaban J connectivity index is 2.92. The molecule has 2 rings (SSSR count). The van der Waals surface area contributed by atoms with Gasteiger partial charge in [0.2, 0.25) is 0 Å². The van der Waals surface area contributed by atoms with Crippen molar-refractivity contribution >= 4 is 16.9 Å². The molecule has 4 N–H and O–H groups in total. The highest BCUT2D eigenvalue weighted by molar-refractivity contribution is 5.78. The van der Waals surface area contributed by atoms with Crippen molar-refractivity contribution in [3.05, 3.63) is 22.7 Å². The van der Waals surface area contributed by atoms with Gasteiger partial charge in [0, 0.05) is 11.6 Å². The monoisotopic (exact) mass is 150 g/mol. The van der Waals surface area contributed by atoms with Crippen LogP contribution in [0, 0.1) is 0 Å². The van der Waals surface area contributed by atoms with Gasteiger partial charge >= 0.3 is 5.69 Å². The zero-order chi connectivity index (χ0) is 7.84. The summed E-state index contributed by atoms with van der Waals surface area (Å²) in [5, 5.41) is 0.808. The number of nitrogens with zero attached hydrogens (tertiary/aromatic N) is 1. The summed E-state index contributed by atoms with van der Waals surface area (Å²) in [5.74, 6) is 0.517. The topological polar surface area (TPSA) is 87.6 Å². The third kappa shape index (κ3) is 0.861. The van der Waals surface area contributed by atoms with Gasteiger partial charge in [0.25, 0.3) is 0 Å². The summed E-state index contributed by atoms with van der Waals surface area (Å²) in [6.45, 7) is 0. The lowest BCUT2D eigenvalue weighted by atomic mass is 10.4. The summed E-state index contributed by atoms with van der Waals surface area (Å²) in [6, 6.07) is 1.71. The number of nitrogens with one attached hydrogen (secondary N) is 2. The van der Waals surface area contributed by atoms with Crippen LogP contribution < -0.4 is 11.4 Å². The average Bonchev–Trinajstić information content (AvgIpc) is 2.27. The molecule has 0 aliphatic rings. The molecular formula is C6H6N4O. The van der Waals surface area contributed by atoms with Gasteiger partial charge in [0.15, 0.2) is 0 Å². The molecule has 0 radical (unpaired) electrons. The summed E-state index contributed by atoms with van der Waals surface area (Å²) >= 11 is 0. The highest BCUT2D eigenvalue weighted by Crippen LogP contribution is 2.10. The van der Waals surface area contributed by atoms with E-state index in [0.717, 1.165) is 5.39 Å². The highest BCUT2D eigenvalue weighted by Gasteiger charge is 1.96. The Hall–Kier alpha value is -1.78. The zero-order valence-electron chi connectivity index (χ0n) is 5.59. The van der Waals surface area contributed by atoms with Crippen LogP contribution in [0.15, 0.2) is 17.1 Å². The molecule has 0 amide bonds. The first kappa shape index (κ1) is 5.96. The molecule has 0 aliphatic heterocycles. The van der Waals surface area contributed by atoms with Gasteiger partial charge in [-0.15, -0.1) is 0 Å². The number of anilines is 1. The van der Waals surface area contributed by atoms with Crippen molar-refractivity contribution in [1.29, 1.82) is 0 Å². The second kappa shape index (κ2) is 1.85. The number of fused-ring (bicyclic) bond motifs is 1. The first-order valence-electron chi connectivity index (χ1n) is 3.09. The van der Waals surface area contributed by atoms with Crippen molar-refractivity contribution in [3.8, 4) is 0 Å². The fourth-order valence-electron chi connectivity index (χ4n) is 0.965. The Kier molecular flexibility index (Phi) is 1.00. The molecule has 2 aromatic rings. The molecule has 0 bridgehead atoms. The number of H-pyrrole nitrogens is 2. The van der Waals surface area contributed by atoms with Gasteiger partial charge in [-0.25, -0.2) is 9.78 Å². The number of nitrogens with two attached hydrogens (primary N) is 1. The lowest BCUT2D eigenvalue weighted by Gasteiger charge is -1.84. The summed E-state index contributed by atoms with van der Waals surface area (Å²) in [7, 11) is 0. The first-order valence-corrected chi connectivity index (χ1v) is 3.09. The lowest BCUT2D eigenvalue weighted by molar-refractivity contribution is 1.11. The van der Waals surface area contributed by atoms with Crippen LogP contribution >= 0.6 is 0 Å². The molecule has 0 saturated carbocycles. The minimum absolute atomic E-state index is 0.376. The SMILES string of the molecule is Nc1cc2cnc(=O)[nH]c2[nH]1. The Labute approximate surface area is 61.3 Å². The maximum Gasteiger partial charge on any atom is 0.346 e. The minimum atomic E-state index is -0.376. The quantitative estimate of drug-likeness (QED) is 0.487. The Morgan fingerprint density at radius 2 is 2.27 bits per heavy atom. The van der Waals surface area contributed by atoms with Crippen molar-refractivity contribution in [2.24, 2.45) is 0 Å². The maximum absolute atomic E-state index is 10.7. The lowest BCUT2D eigenvalue weighted by Crippen LogP contribution is -2.07. The van der Waals surface area contributed by atoms with Crippen molar-refractivity contribution in [2.45, 2.75) is 0 Å². The number of rotatable bonds is 0. The van der Waals surface area contributed by atoms with Crippen LogP contribution in [0.25, 0.3) is 11.0 Å². The molecule has 11 heavy (non-hydrogen) atoms. The third-order valence-electron chi connectivity index (χ3n) is 1.42. The molecule has 0 saturated heterocycles. The van der Waals surface area contributed by atoms with Crippen LogP contribution in [0.5, 0.6) is 0 Å². The van der Waals surface area contributed by atoms with Crippen molar-refractivity contribution in [1.82, 2.24) is 15.0 Å². The first-order chi connectivity index (χ1) is 5.25. The van der Waals surface area contributed by atoms with Crippen LogP contribution in [0.3, 0.4) is 0 Å². The van der Waals surface area contributed by atoms with Crippen molar-refractivity contribution < 1.29 is 0 Å². The largest absolute Gasteiger partial charge is 0.385 e. The zero-order valence-corrected chi connectivity index (χ0v) is 5.59. The van der Waals surface area contributed by atoms with E-state index in [-0.39, 0.29) is 5.69 Å². The van der Waals surface area contributed by atoms with E-state index in [0.29, 0.717) is 11.5 Å². The van der Waals surface area contributed by atoms with Gasteiger partial charge in [0.1, 0.15) is 11.5 Å². The van der Waals surface area contributed by atoms with Crippen LogP contribution in [0.1, 0.15) is 0 Å². The van der Waals surface area contributed by atoms with E-state index in [1.54, 1.807) is 6.07 Å². The third-order valence-corrected chi connectivity index (χ3v) is 1.42. The summed E-state index contributed by atoms with van der Waals surface area (Å²) in [4.78, 5) is 19.5. The smallest absolute Gasteiger partial charge is 0.346 e. The van der Waals surface area contributed by atoms with E-state index < -0.39 is 0 Å². The Morgan fingerprint density at radius 1 is 1.45 bits per heavy atom. The molecule has 0 aromatic carbocycles. The van der Waals surface area contributed by atoms with Crippen LogP contribution in [0.4, 0.5) is 5.82 Å². The van der Waals surface area contributed by atoms with Gasteiger partial charge in [-0.2, -0.15) is 0 Å². The average molecular weight is 150 g/mol. The number of aromatic amines is 2. The van der Waals surface area contributed by atoms with E-state index >= 15 is 0 Å².